The molecule has 4 nitrogen and oxygen atoms in total. The van der Waals surface area contributed by atoms with Crippen LogP contribution in [0, 0.1) is 5.82 Å². The summed E-state index contributed by atoms with van der Waals surface area (Å²) in [5.41, 5.74) is 0. The number of halogens is 2. The molecular weight excluding hydrogens is 267 g/mol. The summed E-state index contributed by atoms with van der Waals surface area (Å²) in [6.07, 6.45) is 2.72. The van der Waals surface area contributed by atoms with Crippen LogP contribution in [0.3, 0.4) is 0 Å². The van der Waals surface area contributed by atoms with E-state index in [1.807, 2.05) is 4.90 Å². The van der Waals surface area contributed by atoms with E-state index in [0.717, 1.165) is 39.3 Å². The second-order valence-electron chi connectivity index (χ2n) is 5.13. The first-order valence-electron chi connectivity index (χ1n) is 6.75. The average molecular weight is 285 g/mol. The van der Waals surface area contributed by atoms with E-state index in [-0.39, 0.29) is 5.82 Å². The minimum atomic E-state index is -0.330. The quantitative estimate of drug-likeness (QED) is 0.889. The Morgan fingerprint density at radius 2 is 2.11 bits per heavy atom. The third kappa shape index (κ3) is 2.83. The fourth-order valence-electron chi connectivity index (χ4n) is 2.89. The number of hydrogen-bond donors (Lipinski definition) is 1. The molecule has 2 aliphatic heterocycles. The van der Waals surface area contributed by atoms with E-state index < -0.39 is 0 Å². The molecule has 104 valence electrons. The topological polar surface area (TPSA) is 31.4 Å². The minimum absolute atomic E-state index is 0.330. The van der Waals surface area contributed by atoms with Gasteiger partial charge >= 0.3 is 0 Å². The lowest BCUT2D eigenvalue weighted by Crippen LogP contribution is -2.51. The molecule has 0 amide bonds. The van der Waals surface area contributed by atoms with E-state index in [1.165, 1.54) is 18.7 Å². The molecule has 0 saturated carbocycles. The molecule has 0 bridgehead atoms. The van der Waals surface area contributed by atoms with Crippen LogP contribution < -0.4 is 10.2 Å². The van der Waals surface area contributed by atoms with E-state index in [0.29, 0.717) is 16.9 Å². The summed E-state index contributed by atoms with van der Waals surface area (Å²) >= 11 is 5.73. The van der Waals surface area contributed by atoms with Crippen molar-refractivity contribution in [3.8, 4) is 0 Å². The van der Waals surface area contributed by atoms with Gasteiger partial charge in [0.2, 0.25) is 0 Å². The molecule has 3 rings (SSSR count). The maximum absolute atomic E-state index is 13.8. The Labute approximate surface area is 117 Å². The van der Waals surface area contributed by atoms with Crippen molar-refractivity contribution < 1.29 is 4.39 Å². The van der Waals surface area contributed by atoms with Gasteiger partial charge < -0.3 is 10.2 Å². The van der Waals surface area contributed by atoms with Gasteiger partial charge in [-0.1, -0.05) is 11.6 Å². The van der Waals surface area contributed by atoms with Gasteiger partial charge in [-0.2, -0.15) is 0 Å². The molecular formula is C13H18ClFN4. The molecule has 2 fully saturated rings. The zero-order valence-corrected chi connectivity index (χ0v) is 11.5. The van der Waals surface area contributed by atoms with Crippen LogP contribution in [0.4, 0.5) is 10.2 Å². The van der Waals surface area contributed by atoms with Crippen LogP contribution in [-0.2, 0) is 0 Å². The summed E-state index contributed by atoms with van der Waals surface area (Å²) in [4.78, 5) is 8.61. The molecule has 1 atom stereocenters. The summed E-state index contributed by atoms with van der Waals surface area (Å²) in [6.45, 7) is 5.77. The number of aromatic nitrogens is 1. The van der Waals surface area contributed by atoms with Crippen molar-refractivity contribution in [1.82, 2.24) is 15.2 Å². The van der Waals surface area contributed by atoms with Crippen LogP contribution in [0.15, 0.2) is 12.3 Å². The lowest BCUT2D eigenvalue weighted by atomic mass is 10.2. The van der Waals surface area contributed by atoms with Crippen molar-refractivity contribution in [3.63, 3.8) is 0 Å². The highest BCUT2D eigenvalue weighted by molar-refractivity contribution is 6.30. The molecule has 2 saturated heterocycles. The lowest BCUT2D eigenvalue weighted by molar-refractivity contribution is 0.196. The first kappa shape index (κ1) is 13.1. The monoisotopic (exact) mass is 284 g/mol. The first-order valence-corrected chi connectivity index (χ1v) is 7.12. The van der Waals surface area contributed by atoms with Crippen molar-refractivity contribution in [2.75, 3.05) is 44.2 Å². The molecule has 1 aromatic heterocycles. The van der Waals surface area contributed by atoms with Gasteiger partial charge in [0.05, 0.1) is 5.02 Å². The molecule has 19 heavy (non-hydrogen) atoms. The second kappa shape index (κ2) is 5.61. The van der Waals surface area contributed by atoms with Crippen molar-refractivity contribution in [2.24, 2.45) is 0 Å². The smallest absolute Gasteiger partial charge is 0.167 e. The van der Waals surface area contributed by atoms with E-state index in [4.69, 9.17) is 11.6 Å². The molecule has 0 spiro atoms. The van der Waals surface area contributed by atoms with Crippen LogP contribution >= 0.6 is 11.6 Å². The van der Waals surface area contributed by atoms with Gasteiger partial charge in [0.1, 0.15) is 0 Å². The SMILES string of the molecule is Fc1cc(Cl)cnc1N1CCN(C2CCNC2)CC1. The van der Waals surface area contributed by atoms with Crippen LogP contribution in [0.25, 0.3) is 0 Å². The summed E-state index contributed by atoms with van der Waals surface area (Å²) < 4.78 is 13.8. The minimum Gasteiger partial charge on any atom is -0.352 e. The number of hydrogen-bond acceptors (Lipinski definition) is 4. The van der Waals surface area contributed by atoms with Gasteiger partial charge in [-0.3, -0.25) is 4.90 Å². The third-order valence-electron chi connectivity index (χ3n) is 3.95. The molecule has 0 radical (unpaired) electrons. The molecule has 6 heteroatoms. The summed E-state index contributed by atoms with van der Waals surface area (Å²) in [6, 6.07) is 1.97. The standard InChI is InChI=1S/C13H18ClFN4/c14-10-7-12(15)13(17-8-10)19-5-3-18(4-6-19)11-1-2-16-9-11/h7-8,11,16H,1-6,9H2. The van der Waals surface area contributed by atoms with E-state index in [1.54, 1.807) is 0 Å². The van der Waals surface area contributed by atoms with Crippen LogP contribution in [0.2, 0.25) is 5.02 Å². The number of piperazine rings is 1. The van der Waals surface area contributed by atoms with Gasteiger partial charge in [-0.05, 0) is 19.0 Å². The van der Waals surface area contributed by atoms with Crippen molar-refractivity contribution in [1.29, 1.82) is 0 Å². The van der Waals surface area contributed by atoms with Crippen molar-refractivity contribution >= 4 is 17.4 Å². The molecule has 2 aliphatic rings. The number of anilines is 1. The molecule has 0 aromatic carbocycles. The fraction of sp³-hybridized carbons (Fsp3) is 0.615. The fourth-order valence-corrected chi connectivity index (χ4v) is 3.03. The highest BCUT2D eigenvalue weighted by atomic mass is 35.5. The highest BCUT2D eigenvalue weighted by Gasteiger charge is 2.27. The predicted octanol–water partition coefficient (Wildman–Crippen LogP) is 1.36. The maximum atomic E-state index is 13.8. The lowest BCUT2D eigenvalue weighted by Gasteiger charge is -2.38. The first-order chi connectivity index (χ1) is 9.24. The van der Waals surface area contributed by atoms with Gasteiger partial charge in [0, 0.05) is 45.0 Å². The molecule has 1 unspecified atom stereocenters. The van der Waals surface area contributed by atoms with Gasteiger partial charge in [0.25, 0.3) is 0 Å². The molecule has 3 heterocycles. The van der Waals surface area contributed by atoms with E-state index >= 15 is 0 Å². The second-order valence-corrected chi connectivity index (χ2v) is 5.57. The normalized spacial score (nSPS) is 24.9. The number of nitrogens with one attached hydrogen (secondary N) is 1. The van der Waals surface area contributed by atoms with Crippen LogP contribution in [0.5, 0.6) is 0 Å². The predicted molar refractivity (Wildman–Crippen MR) is 74.3 cm³/mol. The van der Waals surface area contributed by atoms with Gasteiger partial charge in [0.15, 0.2) is 11.6 Å². The van der Waals surface area contributed by atoms with Crippen LogP contribution in [-0.4, -0.2) is 55.2 Å². The van der Waals surface area contributed by atoms with Gasteiger partial charge in [-0.25, -0.2) is 9.37 Å². The van der Waals surface area contributed by atoms with Crippen molar-refractivity contribution in [3.05, 3.63) is 23.1 Å². The summed E-state index contributed by atoms with van der Waals surface area (Å²) in [5.74, 6) is 0.0945. The summed E-state index contributed by atoms with van der Waals surface area (Å²) in [5, 5.41) is 3.73. The highest BCUT2D eigenvalue weighted by Crippen LogP contribution is 2.22. The zero-order valence-electron chi connectivity index (χ0n) is 10.8. The Kier molecular flexibility index (Phi) is 3.86. The molecule has 1 aromatic rings. The third-order valence-corrected chi connectivity index (χ3v) is 4.16. The Balaban J connectivity index is 1.63. The average Bonchev–Trinajstić information content (AvgIpc) is 2.93. The van der Waals surface area contributed by atoms with Crippen molar-refractivity contribution in [2.45, 2.75) is 12.5 Å². The largest absolute Gasteiger partial charge is 0.352 e. The Morgan fingerprint density at radius 1 is 1.32 bits per heavy atom. The number of rotatable bonds is 2. The Morgan fingerprint density at radius 3 is 2.74 bits per heavy atom. The maximum Gasteiger partial charge on any atom is 0.167 e. The summed E-state index contributed by atoms with van der Waals surface area (Å²) in [7, 11) is 0. The molecule has 0 aliphatic carbocycles. The van der Waals surface area contributed by atoms with Crippen LogP contribution in [0.1, 0.15) is 6.42 Å². The van der Waals surface area contributed by atoms with E-state index in [2.05, 4.69) is 15.2 Å². The zero-order chi connectivity index (χ0) is 13.2. The number of pyridine rings is 1. The Hall–Kier alpha value is -0.910. The van der Waals surface area contributed by atoms with Gasteiger partial charge in [-0.15, -0.1) is 0 Å². The Bertz CT molecular complexity index is 442. The number of nitrogens with zero attached hydrogens (tertiary/aromatic N) is 3. The molecule has 1 N–H and O–H groups in total. The van der Waals surface area contributed by atoms with E-state index in [9.17, 15) is 4.39 Å².